The van der Waals surface area contributed by atoms with Gasteiger partial charge in [0, 0.05) is 23.5 Å². The number of ether oxygens (including phenoxy) is 1. The Balaban J connectivity index is 1.47. The second-order valence-corrected chi connectivity index (χ2v) is 7.87. The van der Waals surface area contributed by atoms with Crippen LogP contribution in [0.15, 0.2) is 53.5 Å². The molecule has 4 aromatic rings. The highest BCUT2D eigenvalue weighted by molar-refractivity contribution is 5.97. The fourth-order valence-electron chi connectivity index (χ4n) is 4.07. The number of benzene rings is 1. The van der Waals surface area contributed by atoms with Crippen LogP contribution < -0.4 is 15.8 Å². The van der Waals surface area contributed by atoms with E-state index in [-0.39, 0.29) is 11.6 Å². The van der Waals surface area contributed by atoms with Crippen LogP contribution in [-0.2, 0) is 0 Å². The van der Waals surface area contributed by atoms with E-state index in [9.17, 15) is 4.39 Å². The molecule has 5 rings (SSSR count). The number of anilines is 1. The molecule has 4 heterocycles. The third kappa shape index (κ3) is 3.74. The maximum absolute atomic E-state index is 13.6. The topological polar surface area (TPSA) is 91.1 Å². The van der Waals surface area contributed by atoms with Crippen molar-refractivity contribution in [2.24, 2.45) is 0 Å². The van der Waals surface area contributed by atoms with Crippen molar-refractivity contribution < 1.29 is 13.5 Å². The highest BCUT2D eigenvalue weighted by atomic mass is 19.1. The van der Waals surface area contributed by atoms with Crippen molar-refractivity contribution in [3.8, 4) is 16.9 Å². The zero-order valence-electron chi connectivity index (χ0n) is 17.2. The molecule has 0 aliphatic carbocycles. The average molecular weight is 421 g/mol. The molecule has 1 aliphatic heterocycles. The van der Waals surface area contributed by atoms with Crippen molar-refractivity contribution in [1.82, 2.24) is 20.1 Å². The Bertz CT molecular complexity index is 1210. The molecule has 0 saturated carbocycles. The second-order valence-electron chi connectivity index (χ2n) is 7.87. The van der Waals surface area contributed by atoms with Crippen LogP contribution in [0.5, 0.6) is 5.75 Å². The number of rotatable bonds is 5. The molecule has 0 bridgehead atoms. The summed E-state index contributed by atoms with van der Waals surface area (Å²) in [5, 5.41) is 8.74. The summed E-state index contributed by atoms with van der Waals surface area (Å²) in [7, 11) is 0. The predicted octanol–water partition coefficient (Wildman–Crippen LogP) is 4.48. The van der Waals surface area contributed by atoms with E-state index in [1.807, 2.05) is 24.0 Å². The summed E-state index contributed by atoms with van der Waals surface area (Å²) in [6.07, 6.45) is 8.94. The van der Waals surface area contributed by atoms with Crippen molar-refractivity contribution in [2.45, 2.75) is 31.9 Å². The Labute approximate surface area is 179 Å². The monoisotopic (exact) mass is 421 g/mol. The average Bonchev–Trinajstić information content (AvgIpc) is 3.43. The van der Waals surface area contributed by atoms with E-state index in [2.05, 4.69) is 15.4 Å². The molecular formula is C23H24FN5O2. The van der Waals surface area contributed by atoms with Gasteiger partial charge in [0.15, 0.2) is 11.4 Å². The fraction of sp³-hybridized carbons (Fsp3) is 0.304. The Morgan fingerprint density at radius 1 is 1.29 bits per heavy atom. The highest BCUT2D eigenvalue weighted by Gasteiger charge is 2.21. The molecule has 3 N–H and O–H groups in total. The van der Waals surface area contributed by atoms with Crippen LogP contribution in [0.1, 0.15) is 37.5 Å². The number of nitrogen functional groups attached to an aromatic ring is 1. The second kappa shape index (κ2) is 8.03. The van der Waals surface area contributed by atoms with Gasteiger partial charge < -0.3 is 20.2 Å². The van der Waals surface area contributed by atoms with E-state index >= 15 is 0 Å². The van der Waals surface area contributed by atoms with Crippen LogP contribution in [0.2, 0.25) is 0 Å². The lowest BCUT2D eigenvalue weighted by Gasteiger charge is -2.22. The maximum Gasteiger partial charge on any atom is 0.205 e. The number of nitrogens with two attached hydrogens (primary N) is 1. The molecule has 7 nitrogen and oxygen atoms in total. The first-order chi connectivity index (χ1) is 15.1. The summed E-state index contributed by atoms with van der Waals surface area (Å²) in [4.78, 5) is 4.31. The molecule has 1 atom stereocenters. The SMILES string of the molecule is C[C@@H](Oc1c(N)ncc2c(-c3cnn(C4CCNCC4)c3)coc12)c1cccc(F)c1. The number of nitrogens with one attached hydrogen (secondary N) is 1. The minimum Gasteiger partial charge on any atom is -0.479 e. The number of nitrogens with zero attached hydrogens (tertiary/aromatic N) is 3. The lowest BCUT2D eigenvalue weighted by Crippen LogP contribution is -2.29. The minimum atomic E-state index is -0.429. The number of hydrogen-bond donors (Lipinski definition) is 2. The Hall–Kier alpha value is -3.39. The molecule has 1 aliphatic rings. The van der Waals surface area contributed by atoms with E-state index in [4.69, 9.17) is 14.9 Å². The smallest absolute Gasteiger partial charge is 0.205 e. The van der Waals surface area contributed by atoms with Gasteiger partial charge in [-0.15, -0.1) is 0 Å². The molecule has 3 aromatic heterocycles. The first kappa shape index (κ1) is 19.6. The van der Waals surface area contributed by atoms with Crippen LogP contribution in [0.4, 0.5) is 10.2 Å². The number of halogens is 1. The lowest BCUT2D eigenvalue weighted by molar-refractivity contribution is 0.227. The maximum atomic E-state index is 13.6. The normalized spacial score (nSPS) is 15.9. The molecule has 0 unspecified atom stereocenters. The standard InChI is InChI=1S/C23H24FN5O2/c1-14(15-3-2-4-17(24)9-15)31-22-21-19(11-27-23(22)25)20(13-30-21)16-10-28-29(12-16)18-5-7-26-8-6-18/h2-4,9-14,18,26H,5-8H2,1H3,(H2,25,27)/t14-/m1/s1. The summed E-state index contributed by atoms with van der Waals surface area (Å²) in [5.74, 6) is 0.261. The number of piperidine rings is 1. The van der Waals surface area contributed by atoms with Gasteiger partial charge >= 0.3 is 0 Å². The third-order valence-corrected chi connectivity index (χ3v) is 5.81. The van der Waals surface area contributed by atoms with Crippen molar-refractivity contribution in [3.05, 3.63) is 60.5 Å². The molecule has 1 saturated heterocycles. The zero-order valence-corrected chi connectivity index (χ0v) is 17.2. The van der Waals surface area contributed by atoms with E-state index < -0.39 is 6.10 Å². The lowest BCUT2D eigenvalue weighted by atomic mass is 10.1. The first-order valence-corrected chi connectivity index (χ1v) is 10.4. The van der Waals surface area contributed by atoms with Crippen LogP contribution in [0.25, 0.3) is 22.1 Å². The number of furan rings is 1. The van der Waals surface area contributed by atoms with Crippen LogP contribution in [0, 0.1) is 5.82 Å². The van der Waals surface area contributed by atoms with Gasteiger partial charge in [-0.2, -0.15) is 5.10 Å². The third-order valence-electron chi connectivity index (χ3n) is 5.81. The first-order valence-electron chi connectivity index (χ1n) is 10.4. The van der Waals surface area contributed by atoms with Crippen molar-refractivity contribution in [1.29, 1.82) is 0 Å². The number of hydrogen-bond acceptors (Lipinski definition) is 6. The van der Waals surface area contributed by atoms with E-state index in [1.165, 1.54) is 12.1 Å². The van der Waals surface area contributed by atoms with E-state index in [0.29, 0.717) is 22.9 Å². The van der Waals surface area contributed by atoms with Gasteiger partial charge in [0.25, 0.3) is 0 Å². The summed E-state index contributed by atoms with van der Waals surface area (Å²) in [6.45, 7) is 3.84. The summed E-state index contributed by atoms with van der Waals surface area (Å²) in [5.41, 5.74) is 9.15. The quantitative estimate of drug-likeness (QED) is 0.494. The fourth-order valence-corrected chi connectivity index (χ4v) is 4.07. The molecule has 31 heavy (non-hydrogen) atoms. The van der Waals surface area contributed by atoms with E-state index in [1.54, 1.807) is 24.6 Å². The van der Waals surface area contributed by atoms with Gasteiger partial charge in [-0.05, 0) is 50.6 Å². The number of pyridine rings is 1. The zero-order chi connectivity index (χ0) is 21.4. The molecule has 0 radical (unpaired) electrons. The van der Waals surface area contributed by atoms with Crippen LogP contribution in [0.3, 0.4) is 0 Å². The number of aromatic nitrogens is 3. The molecular weight excluding hydrogens is 397 g/mol. The summed E-state index contributed by atoms with van der Waals surface area (Å²) < 4.78 is 27.6. The van der Waals surface area contributed by atoms with Gasteiger partial charge in [-0.1, -0.05) is 12.1 Å². The van der Waals surface area contributed by atoms with E-state index in [0.717, 1.165) is 42.4 Å². The number of fused-ring (bicyclic) bond motifs is 1. The van der Waals surface area contributed by atoms with Gasteiger partial charge in [0.05, 0.1) is 17.6 Å². The molecule has 1 aromatic carbocycles. The van der Waals surface area contributed by atoms with Crippen LogP contribution in [-0.4, -0.2) is 27.9 Å². The molecule has 0 spiro atoms. The predicted molar refractivity (Wildman–Crippen MR) is 116 cm³/mol. The highest BCUT2D eigenvalue weighted by Crippen LogP contribution is 2.39. The largest absolute Gasteiger partial charge is 0.479 e. The molecule has 160 valence electrons. The van der Waals surface area contributed by atoms with Gasteiger partial charge in [-0.25, -0.2) is 9.37 Å². The van der Waals surface area contributed by atoms with Crippen molar-refractivity contribution in [3.63, 3.8) is 0 Å². The Morgan fingerprint density at radius 2 is 2.13 bits per heavy atom. The Kier molecular flexibility index (Phi) is 5.07. The Morgan fingerprint density at radius 3 is 2.94 bits per heavy atom. The summed E-state index contributed by atoms with van der Waals surface area (Å²) in [6, 6.07) is 6.69. The van der Waals surface area contributed by atoms with Gasteiger partial charge in [0.2, 0.25) is 5.75 Å². The molecule has 8 heteroatoms. The molecule has 1 fully saturated rings. The van der Waals surface area contributed by atoms with Crippen LogP contribution >= 0.6 is 0 Å². The van der Waals surface area contributed by atoms with Crippen molar-refractivity contribution in [2.75, 3.05) is 18.8 Å². The molecule has 0 amide bonds. The summed E-state index contributed by atoms with van der Waals surface area (Å²) >= 11 is 0. The minimum absolute atomic E-state index is 0.224. The van der Waals surface area contributed by atoms with Gasteiger partial charge in [-0.3, -0.25) is 4.68 Å². The van der Waals surface area contributed by atoms with Crippen molar-refractivity contribution >= 4 is 16.8 Å². The van der Waals surface area contributed by atoms with Gasteiger partial charge in [0.1, 0.15) is 18.2 Å².